The van der Waals surface area contributed by atoms with Gasteiger partial charge in [0.25, 0.3) is 0 Å². The predicted molar refractivity (Wildman–Crippen MR) is 89.8 cm³/mol. The van der Waals surface area contributed by atoms with E-state index < -0.39 is 22.7 Å². The first-order chi connectivity index (χ1) is 12.1. The maximum atomic E-state index is 12.9. The Bertz CT molecular complexity index is 779. The number of benzene rings is 1. The fraction of sp³-hybridized carbons (Fsp3) is 0.438. The van der Waals surface area contributed by atoms with Gasteiger partial charge in [-0.2, -0.15) is 18.2 Å². The summed E-state index contributed by atoms with van der Waals surface area (Å²) in [4.78, 5) is 18.0. The smallest absolute Gasteiger partial charge is 0.338 e. The van der Waals surface area contributed by atoms with Crippen molar-refractivity contribution in [1.29, 1.82) is 0 Å². The van der Waals surface area contributed by atoms with Gasteiger partial charge in [0.05, 0.1) is 23.2 Å². The van der Waals surface area contributed by atoms with E-state index in [0.29, 0.717) is 18.1 Å². The Balaban J connectivity index is 2.02. The minimum Gasteiger partial charge on any atom is -0.338 e. The van der Waals surface area contributed by atoms with Crippen molar-refractivity contribution in [2.45, 2.75) is 32.5 Å². The summed E-state index contributed by atoms with van der Waals surface area (Å²) < 4.78 is 43.7. The minimum absolute atomic E-state index is 0.0128. The lowest BCUT2D eigenvalue weighted by atomic mass is 10.2. The highest BCUT2D eigenvalue weighted by molar-refractivity contribution is 6.31. The van der Waals surface area contributed by atoms with Crippen molar-refractivity contribution in [3.05, 3.63) is 40.5 Å². The third-order valence-electron chi connectivity index (χ3n) is 3.77. The number of alkyl halides is 3. The molecule has 26 heavy (non-hydrogen) atoms. The number of carbonyl (C=O) groups is 1. The van der Waals surface area contributed by atoms with Crippen molar-refractivity contribution in [2.75, 3.05) is 18.9 Å². The molecule has 6 nitrogen and oxygen atoms in total. The Morgan fingerprint density at radius 1 is 1.42 bits per heavy atom. The van der Waals surface area contributed by atoms with Gasteiger partial charge >= 0.3 is 6.18 Å². The molecule has 1 atom stereocenters. The van der Waals surface area contributed by atoms with Gasteiger partial charge in [0, 0.05) is 12.1 Å². The Morgan fingerprint density at radius 2 is 2.12 bits per heavy atom. The molecule has 0 saturated carbocycles. The predicted octanol–water partition coefficient (Wildman–Crippen LogP) is 3.94. The van der Waals surface area contributed by atoms with Gasteiger partial charge < -0.3 is 9.84 Å². The molecule has 1 unspecified atom stereocenters. The molecule has 1 heterocycles. The number of hydrogen-bond donors (Lipinski definition) is 1. The molecule has 0 aliphatic rings. The lowest BCUT2D eigenvalue weighted by Crippen LogP contribution is -2.32. The molecule has 1 N–H and O–H groups in total. The van der Waals surface area contributed by atoms with Crippen LogP contribution < -0.4 is 5.32 Å². The highest BCUT2D eigenvalue weighted by atomic mass is 35.5. The van der Waals surface area contributed by atoms with Crippen LogP contribution in [0, 0.1) is 0 Å². The molecule has 0 spiro atoms. The van der Waals surface area contributed by atoms with Crippen LogP contribution in [0.25, 0.3) is 0 Å². The zero-order chi connectivity index (χ0) is 19.5. The summed E-state index contributed by atoms with van der Waals surface area (Å²) in [5.74, 6) is 0.443. The second-order valence-corrected chi connectivity index (χ2v) is 6.14. The first kappa shape index (κ1) is 20.2. The van der Waals surface area contributed by atoms with Crippen molar-refractivity contribution in [2.24, 2.45) is 0 Å². The van der Waals surface area contributed by atoms with Crippen LogP contribution in [-0.2, 0) is 17.4 Å². The molecule has 0 aliphatic heterocycles. The average molecular weight is 391 g/mol. The average Bonchev–Trinajstić information content (AvgIpc) is 3.03. The van der Waals surface area contributed by atoms with Gasteiger partial charge in [0.15, 0.2) is 5.82 Å². The summed E-state index contributed by atoms with van der Waals surface area (Å²) in [6.07, 6.45) is -3.98. The normalized spacial score (nSPS) is 13.1. The van der Waals surface area contributed by atoms with Crippen molar-refractivity contribution in [1.82, 2.24) is 15.0 Å². The number of aromatic nitrogens is 2. The molecule has 0 saturated heterocycles. The summed E-state index contributed by atoms with van der Waals surface area (Å²) in [6, 6.07) is 2.88. The molecule has 0 fully saturated rings. The van der Waals surface area contributed by atoms with Gasteiger partial charge in [0.2, 0.25) is 11.8 Å². The number of hydrogen-bond acceptors (Lipinski definition) is 5. The fourth-order valence-corrected chi connectivity index (χ4v) is 2.38. The summed E-state index contributed by atoms with van der Waals surface area (Å²) in [6.45, 7) is 3.59. The maximum Gasteiger partial charge on any atom is 0.417 e. The van der Waals surface area contributed by atoms with Crippen LogP contribution >= 0.6 is 11.6 Å². The number of amides is 1. The van der Waals surface area contributed by atoms with Crippen LogP contribution in [0.3, 0.4) is 0 Å². The Kier molecular flexibility index (Phi) is 6.25. The lowest BCUT2D eigenvalue weighted by molar-refractivity contribution is -0.137. The molecule has 2 aromatic rings. The number of anilines is 1. The number of aryl methyl sites for hydroxylation is 1. The van der Waals surface area contributed by atoms with E-state index in [1.54, 1.807) is 18.9 Å². The molecule has 0 aliphatic carbocycles. The molecular formula is C16H18ClF3N4O2. The molecule has 0 bridgehead atoms. The third-order valence-corrected chi connectivity index (χ3v) is 4.10. The third kappa shape index (κ3) is 4.95. The number of halogens is 4. The van der Waals surface area contributed by atoms with E-state index in [1.165, 1.54) is 6.07 Å². The van der Waals surface area contributed by atoms with Gasteiger partial charge in [-0.25, -0.2) is 0 Å². The van der Waals surface area contributed by atoms with E-state index in [0.717, 1.165) is 12.1 Å². The number of carbonyl (C=O) groups excluding carboxylic acids is 1. The molecule has 1 aromatic carbocycles. The van der Waals surface area contributed by atoms with Gasteiger partial charge in [-0.1, -0.05) is 23.7 Å². The SMILES string of the molecule is CCc1noc(C(C)N(C)CC(=O)Nc2ccc(Cl)c(C(F)(F)F)c2)n1. The maximum absolute atomic E-state index is 12.9. The number of rotatable bonds is 6. The Labute approximate surface area is 153 Å². The highest BCUT2D eigenvalue weighted by Gasteiger charge is 2.33. The van der Waals surface area contributed by atoms with Crippen LogP contribution in [0.15, 0.2) is 22.7 Å². The van der Waals surface area contributed by atoms with Gasteiger partial charge in [-0.05, 0) is 32.2 Å². The van der Waals surface area contributed by atoms with Crippen LogP contribution in [0.5, 0.6) is 0 Å². The summed E-state index contributed by atoms with van der Waals surface area (Å²) >= 11 is 5.56. The van der Waals surface area contributed by atoms with E-state index >= 15 is 0 Å². The van der Waals surface area contributed by atoms with Crippen LogP contribution in [-0.4, -0.2) is 34.5 Å². The van der Waals surface area contributed by atoms with Crippen LogP contribution in [0.4, 0.5) is 18.9 Å². The van der Waals surface area contributed by atoms with Crippen LogP contribution in [0.2, 0.25) is 5.02 Å². The number of nitrogens with one attached hydrogen (secondary N) is 1. The van der Waals surface area contributed by atoms with Crippen molar-refractivity contribution < 1.29 is 22.5 Å². The van der Waals surface area contributed by atoms with E-state index in [2.05, 4.69) is 15.5 Å². The van der Waals surface area contributed by atoms with Crippen molar-refractivity contribution >= 4 is 23.2 Å². The Morgan fingerprint density at radius 3 is 2.69 bits per heavy atom. The molecule has 0 radical (unpaired) electrons. The zero-order valence-corrected chi connectivity index (χ0v) is 15.1. The fourth-order valence-electron chi connectivity index (χ4n) is 2.15. The Hall–Kier alpha value is -2.13. The van der Waals surface area contributed by atoms with E-state index in [9.17, 15) is 18.0 Å². The van der Waals surface area contributed by atoms with E-state index in [-0.39, 0.29) is 18.3 Å². The number of nitrogens with zero attached hydrogens (tertiary/aromatic N) is 3. The molecule has 1 amide bonds. The zero-order valence-electron chi connectivity index (χ0n) is 14.4. The van der Waals surface area contributed by atoms with Gasteiger partial charge in [0.1, 0.15) is 0 Å². The van der Waals surface area contributed by atoms with Gasteiger partial charge in [-0.15, -0.1) is 0 Å². The summed E-state index contributed by atoms with van der Waals surface area (Å²) in [5, 5.41) is 5.80. The monoisotopic (exact) mass is 390 g/mol. The lowest BCUT2D eigenvalue weighted by Gasteiger charge is -2.21. The van der Waals surface area contributed by atoms with E-state index in [1.807, 2.05) is 6.92 Å². The first-order valence-electron chi connectivity index (χ1n) is 7.81. The molecule has 2 rings (SSSR count). The molecule has 142 valence electrons. The number of likely N-dealkylation sites (N-methyl/N-ethyl adjacent to an activating group) is 1. The van der Waals surface area contributed by atoms with Gasteiger partial charge in [-0.3, -0.25) is 9.69 Å². The second-order valence-electron chi connectivity index (χ2n) is 5.73. The van der Waals surface area contributed by atoms with Crippen molar-refractivity contribution in [3.8, 4) is 0 Å². The largest absolute Gasteiger partial charge is 0.417 e. The van der Waals surface area contributed by atoms with E-state index in [4.69, 9.17) is 16.1 Å². The summed E-state index contributed by atoms with van der Waals surface area (Å²) in [5.41, 5.74) is -0.990. The standard InChI is InChI=1S/C16H18ClF3N4O2/c1-4-13-22-15(26-23-13)9(2)24(3)8-14(25)21-10-5-6-12(17)11(7-10)16(18,19)20/h5-7,9H,4,8H2,1-3H3,(H,21,25). The summed E-state index contributed by atoms with van der Waals surface area (Å²) in [7, 11) is 1.67. The molecule has 10 heteroatoms. The first-order valence-corrected chi connectivity index (χ1v) is 8.19. The minimum atomic E-state index is -4.60. The highest BCUT2D eigenvalue weighted by Crippen LogP contribution is 2.36. The molecular weight excluding hydrogens is 373 g/mol. The van der Waals surface area contributed by atoms with Crippen LogP contribution in [0.1, 0.15) is 37.2 Å². The quantitative estimate of drug-likeness (QED) is 0.809. The molecule has 1 aromatic heterocycles. The topological polar surface area (TPSA) is 71.3 Å². The van der Waals surface area contributed by atoms with Crippen molar-refractivity contribution in [3.63, 3.8) is 0 Å². The second kappa shape index (κ2) is 8.05.